The average Bonchev–Trinajstić information content (AvgIpc) is 3.17. The van der Waals surface area contributed by atoms with Crippen LogP contribution in [-0.2, 0) is 9.59 Å². The van der Waals surface area contributed by atoms with E-state index in [2.05, 4.69) is 15.5 Å². The van der Waals surface area contributed by atoms with Gasteiger partial charge >= 0.3 is 0 Å². The van der Waals surface area contributed by atoms with Crippen molar-refractivity contribution in [2.75, 3.05) is 30.3 Å². The maximum Gasteiger partial charge on any atom is 0.238 e. The molecule has 2 saturated carbocycles. The van der Waals surface area contributed by atoms with Crippen molar-refractivity contribution in [1.82, 2.24) is 4.90 Å². The molecule has 1 aliphatic heterocycles. The molecule has 1 aromatic rings. The molecule has 3 aliphatic rings. The summed E-state index contributed by atoms with van der Waals surface area (Å²) in [5.74, 6) is 0.955. The van der Waals surface area contributed by atoms with Crippen LogP contribution < -0.4 is 16.4 Å². The Labute approximate surface area is 191 Å². The summed E-state index contributed by atoms with van der Waals surface area (Å²) in [6.45, 7) is 2.45. The van der Waals surface area contributed by atoms with E-state index in [1.807, 2.05) is 24.3 Å². The number of hydrogen-bond acceptors (Lipinski definition) is 4. The number of fused-ring (bicyclic) bond motifs is 2. The summed E-state index contributed by atoms with van der Waals surface area (Å²) in [4.78, 5) is 27.2. The van der Waals surface area contributed by atoms with Gasteiger partial charge in [-0.3, -0.25) is 14.5 Å². The van der Waals surface area contributed by atoms with Gasteiger partial charge in [0.15, 0.2) is 0 Å². The van der Waals surface area contributed by atoms with Gasteiger partial charge in [0.1, 0.15) is 0 Å². The standard InChI is InChI=1S/C22H32N4O2.2ClH/c23-21-16-6-5-15(13-16)20(21)22(28)25-18-9-7-17(8-10-18)24-19(27)14-26-11-3-1-2-4-12-26;;/h7-10,15-16,20-21H,1-6,11-14,23H2,(H,24,27)(H,25,28);2*1H. The molecule has 168 valence electrons. The van der Waals surface area contributed by atoms with E-state index in [-0.39, 0.29) is 48.6 Å². The van der Waals surface area contributed by atoms with Gasteiger partial charge in [-0.25, -0.2) is 0 Å². The Morgan fingerprint density at radius 2 is 1.47 bits per heavy atom. The van der Waals surface area contributed by atoms with Crippen molar-refractivity contribution in [1.29, 1.82) is 0 Å². The van der Waals surface area contributed by atoms with E-state index in [0.717, 1.165) is 37.3 Å². The lowest BCUT2D eigenvalue weighted by Gasteiger charge is -2.27. The van der Waals surface area contributed by atoms with Gasteiger partial charge in [-0.05, 0) is 81.3 Å². The lowest BCUT2D eigenvalue weighted by molar-refractivity contribution is -0.121. The predicted molar refractivity (Wildman–Crippen MR) is 125 cm³/mol. The molecule has 4 atom stereocenters. The Kier molecular flexibility index (Phi) is 9.41. The minimum Gasteiger partial charge on any atom is -0.327 e. The number of nitrogens with one attached hydrogen (secondary N) is 2. The number of amides is 2. The highest BCUT2D eigenvalue weighted by molar-refractivity contribution is 5.95. The van der Waals surface area contributed by atoms with Gasteiger partial charge in [0, 0.05) is 17.4 Å². The van der Waals surface area contributed by atoms with E-state index < -0.39 is 0 Å². The van der Waals surface area contributed by atoms with E-state index in [9.17, 15) is 9.59 Å². The van der Waals surface area contributed by atoms with Crippen molar-refractivity contribution in [2.24, 2.45) is 23.5 Å². The second-order valence-corrected chi connectivity index (χ2v) is 8.74. The maximum atomic E-state index is 12.7. The van der Waals surface area contributed by atoms with Gasteiger partial charge in [0.05, 0.1) is 12.5 Å². The molecule has 0 aromatic heterocycles. The molecule has 1 heterocycles. The van der Waals surface area contributed by atoms with Crippen LogP contribution in [0.3, 0.4) is 0 Å². The number of likely N-dealkylation sites (tertiary alicyclic amines) is 1. The molecule has 2 amide bonds. The van der Waals surface area contributed by atoms with Gasteiger partial charge in [-0.2, -0.15) is 0 Å². The van der Waals surface area contributed by atoms with Gasteiger partial charge in [0.25, 0.3) is 0 Å². The molecule has 3 fully saturated rings. The van der Waals surface area contributed by atoms with Gasteiger partial charge in [-0.15, -0.1) is 24.8 Å². The Morgan fingerprint density at radius 3 is 2.03 bits per heavy atom. The highest BCUT2D eigenvalue weighted by atomic mass is 35.5. The summed E-state index contributed by atoms with van der Waals surface area (Å²) in [6.07, 6.45) is 8.26. The van der Waals surface area contributed by atoms with Crippen LogP contribution >= 0.6 is 24.8 Å². The van der Waals surface area contributed by atoms with Crippen molar-refractivity contribution in [2.45, 2.75) is 51.0 Å². The zero-order valence-corrected chi connectivity index (χ0v) is 19.0. The Bertz CT molecular complexity index is 706. The lowest BCUT2D eigenvalue weighted by atomic mass is 9.84. The molecule has 30 heavy (non-hydrogen) atoms. The Hall–Kier alpha value is -1.34. The van der Waals surface area contributed by atoms with Crippen LogP contribution in [0.5, 0.6) is 0 Å². The molecule has 2 bridgehead atoms. The minimum atomic E-state index is -0.0632. The monoisotopic (exact) mass is 456 g/mol. The number of rotatable bonds is 5. The third kappa shape index (κ3) is 5.88. The molecule has 8 heteroatoms. The fourth-order valence-corrected chi connectivity index (χ4v) is 5.29. The SMILES string of the molecule is Cl.Cl.NC1C2CCC(C2)C1C(=O)Nc1ccc(NC(=O)CN2CCCCCC2)cc1. The van der Waals surface area contributed by atoms with Crippen LogP contribution in [0.2, 0.25) is 0 Å². The van der Waals surface area contributed by atoms with Crippen LogP contribution in [0.25, 0.3) is 0 Å². The van der Waals surface area contributed by atoms with E-state index >= 15 is 0 Å². The van der Waals surface area contributed by atoms with Crippen LogP contribution in [-0.4, -0.2) is 42.4 Å². The lowest BCUT2D eigenvalue weighted by Crippen LogP contribution is -2.42. The highest BCUT2D eigenvalue weighted by Crippen LogP contribution is 2.47. The average molecular weight is 457 g/mol. The second kappa shape index (κ2) is 11.3. The van der Waals surface area contributed by atoms with Crippen molar-refractivity contribution in [3.63, 3.8) is 0 Å². The number of benzene rings is 1. The number of anilines is 2. The number of halogens is 2. The molecule has 0 radical (unpaired) electrons. The quantitative estimate of drug-likeness (QED) is 0.630. The zero-order valence-electron chi connectivity index (χ0n) is 17.3. The third-order valence-corrected chi connectivity index (χ3v) is 6.79. The molecule has 6 nitrogen and oxygen atoms in total. The van der Waals surface area contributed by atoms with Crippen LogP contribution in [0.1, 0.15) is 44.9 Å². The fourth-order valence-electron chi connectivity index (χ4n) is 5.29. The first-order valence-corrected chi connectivity index (χ1v) is 10.8. The number of carbonyl (C=O) groups is 2. The summed E-state index contributed by atoms with van der Waals surface area (Å²) in [5.41, 5.74) is 7.79. The minimum absolute atomic E-state index is 0. The smallest absolute Gasteiger partial charge is 0.238 e. The third-order valence-electron chi connectivity index (χ3n) is 6.79. The molecular weight excluding hydrogens is 423 g/mol. The van der Waals surface area contributed by atoms with Crippen LogP contribution in [0.4, 0.5) is 11.4 Å². The first-order valence-electron chi connectivity index (χ1n) is 10.8. The van der Waals surface area contributed by atoms with E-state index in [1.54, 1.807) is 0 Å². The molecule has 0 spiro atoms. The largest absolute Gasteiger partial charge is 0.327 e. The van der Waals surface area contributed by atoms with Gasteiger partial charge in [0.2, 0.25) is 11.8 Å². The molecule has 4 N–H and O–H groups in total. The van der Waals surface area contributed by atoms with Crippen LogP contribution in [0, 0.1) is 17.8 Å². The summed E-state index contributed by atoms with van der Waals surface area (Å²) in [5, 5.41) is 5.97. The Balaban J connectivity index is 0.00000160. The fraction of sp³-hybridized carbons (Fsp3) is 0.636. The Morgan fingerprint density at radius 1 is 0.900 bits per heavy atom. The first-order chi connectivity index (χ1) is 13.6. The molecule has 2 aliphatic carbocycles. The normalized spacial score (nSPS) is 28.0. The zero-order chi connectivity index (χ0) is 19.5. The van der Waals surface area contributed by atoms with Crippen molar-refractivity contribution in [3.05, 3.63) is 24.3 Å². The van der Waals surface area contributed by atoms with Crippen molar-refractivity contribution in [3.8, 4) is 0 Å². The molecule has 4 rings (SSSR count). The topological polar surface area (TPSA) is 87.5 Å². The summed E-state index contributed by atoms with van der Waals surface area (Å²) in [7, 11) is 0. The van der Waals surface area contributed by atoms with Crippen LogP contribution in [0.15, 0.2) is 24.3 Å². The van der Waals surface area contributed by atoms with Gasteiger partial charge < -0.3 is 16.4 Å². The summed E-state index contributed by atoms with van der Waals surface area (Å²) < 4.78 is 0. The molecule has 1 saturated heterocycles. The molecule has 1 aromatic carbocycles. The van der Waals surface area contributed by atoms with E-state index in [0.29, 0.717) is 18.4 Å². The second-order valence-electron chi connectivity index (χ2n) is 8.74. The van der Waals surface area contributed by atoms with E-state index in [1.165, 1.54) is 32.1 Å². The summed E-state index contributed by atoms with van der Waals surface area (Å²) >= 11 is 0. The predicted octanol–water partition coefficient (Wildman–Crippen LogP) is 3.66. The number of nitrogens with zero attached hydrogens (tertiary/aromatic N) is 1. The molecular formula is C22H34Cl2N4O2. The maximum absolute atomic E-state index is 12.7. The number of carbonyl (C=O) groups excluding carboxylic acids is 2. The van der Waals surface area contributed by atoms with Gasteiger partial charge in [-0.1, -0.05) is 12.8 Å². The number of hydrogen-bond donors (Lipinski definition) is 3. The van der Waals surface area contributed by atoms with E-state index in [4.69, 9.17) is 5.73 Å². The van der Waals surface area contributed by atoms with Crippen molar-refractivity contribution >= 4 is 48.0 Å². The summed E-state index contributed by atoms with van der Waals surface area (Å²) in [6, 6.07) is 7.38. The highest BCUT2D eigenvalue weighted by Gasteiger charge is 2.49. The molecule has 4 unspecified atom stereocenters. The van der Waals surface area contributed by atoms with Crippen molar-refractivity contribution < 1.29 is 9.59 Å². The first kappa shape index (κ1) is 24.9. The number of nitrogens with two attached hydrogens (primary N) is 1.